The lowest BCUT2D eigenvalue weighted by Gasteiger charge is -2.51. The van der Waals surface area contributed by atoms with E-state index in [0.717, 1.165) is 41.8 Å². The summed E-state index contributed by atoms with van der Waals surface area (Å²) >= 11 is 1.54. The Balaban J connectivity index is 1.46. The molecular formula is C22H32N3O3S2+. The van der Waals surface area contributed by atoms with E-state index in [4.69, 9.17) is 8.56 Å². The number of rotatable bonds is 4. The van der Waals surface area contributed by atoms with Crippen molar-refractivity contribution >= 4 is 37.6 Å². The van der Waals surface area contributed by atoms with Crippen LogP contribution in [0.3, 0.4) is 0 Å². The summed E-state index contributed by atoms with van der Waals surface area (Å²) in [5.74, 6) is 2.59. The number of piperazine rings is 1. The molecule has 2 aliphatic heterocycles. The van der Waals surface area contributed by atoms with E-state index in [1.165, 1.54) is 48.6 Å². The Morgan fingerprint density at radius 1 is 1.27 bits per heavy atom. The Hall–Kier alpha value is -1.22. The minimum absolute atomic E-state index is 0.148. The first-order chi connectivity index (χ1) is 14.4. The van der Waals surface area contributed by atoms with Crippen molar-refractivity contribution in [2.75, 3.05) is 43.9 Å². The summed E-state index contributed by atoms with van der Waals surface area (Å²) in [6.07, 6.45) is 6.50. The Bertz CT molecular complexity index is 1020. The first-order valence-corrected chi connectivity index (χ1v) is 13.8. The fourth-order valence-electron chi connectivity index (χ4n) is 6.55. The van der Waals surface area contributed by atoms with Gasteiger partial charge in [0.05, 0.1) is 43.2 Å². The SMILES string of the molecule is C[C@@H]1C2CCCC[C@H]2C[N+]12CCN(c1nsc3ccccc13)CC2COS(C)(=O)=O. The van der Waals surface area contributed by atoms with Crippen LogP contribution in [0.15, 0.2) is 24.3 Å². The lowest BCUT2D eigenvalue weighted by Crippen LogP contribution is -2.69. The Morgan fingerprint density at radius 3 is 2.87 bits per heavy atom. The summed E-state index contributed by atoms with van der Waals surface area (Å²) in [6.45, 7) is 6.66. The van der Waals surface area contributed by atoms with Crippen LogP contribution in [0.4, 0.5) is 5.82 Å². The fraction of sp³-hybridized carbons (Fsp3) is 0.682. The maximum absolute atomic E-state index is 11.8. The van der Waals surface area contributed by atoms with Gasteiger partial charge in [0.2, 0.25) is 0 Å². The number of nitrogens with zero attached hydrogens (tertiary/aromatic N) is 3. The van der Waals surface area contributed by atoms with Crippen LogP contribution in [0, 0.1) is 11.8 Å². The molecule has 1 spiro atoms. The second-order valence-corrected chi connectivity index (χ2v) is 12.0. The summed E-state index contributed by atoms with van der Waals surface area (Å²) < 4.78 is 36.1. The molecule has 6 nitrogen and oxygen atoms in total. The summed E-state index contributed by atoms with van der Waals surface area (Å²) in [5.41, 5.74) is 0. The zero-order chi connectivity index (χ0) is 20.9. The summed E-state index contributed by atoms with van der Waals surface area (Å²) in [5, 5.41) is 1.20. The average Bonchev–Trinajstić information content (AvgIpc) is 3.27. The van der Waals surface area contributed by atoms with Crippen LogP contribution in [0.2, 0.25) is 0 Å². The van der Waals surface area contributed by atoms with Crippen molar-refractivity contribution in [2.24, 2.45) is 11.8 Å². The van der Waals surface area contributed by atoms with E-state index in [1.807, 2.05) is 0 Å². The van der Waals surface area contributed by atoms with Gasteiger partial charge in [0.1, 0.15) is 12.6 Å². The van der Waals surface area contributed by atoms with Crippen molar-refractivity contribution in [3.05, 3.63) is 24.3 Å². The molecule has 2 saturated heterocycles. The third-order valence-corrected chi connectivity index (χ3v) is 9.43. The molecule has 0 radical (unpaired) electrons. The minimum Gasteiger partial charge on any atom is -0.344 e. The van der Waals surface area contributed by atoms with Gasteiger partial charge < -0.3 is 9.38 Å². The lowest BCUT2D eigenvalue weighted by molar-refractivity contribution is -0.963. The van der Waals surface area contributed by atoms with E-state index >= 15 is 0 Å². The Morgan fingerprint density at radius 2 is 2.07 bits per heavy atom. The molecule has 3 aliphatic rings. The van der Waals surface area contributed by atoms with E-state index in [1.54, 1.807) is 11.5 Å². The summed E-state index contributed by atoms with van der Waals surface area (Å²) in [6, 6.07) is 9.09. The van der Waals surface area contributed by atoms with Gasteiger partial charge in [0, 0.05) is 17.2 Å². The molecule has 3 heterocycles. The monoisotopic (exact) mass is 450 g/mol. The van der Waals surface area contributed by atoms with Gasteiger partial charge in [-0.05, 0) is 43.4 Å². The van der Waals surface area contributed by atoms with E-state index in [0.29, 0.717) is 6.04 Å². The molecule has 8 heteroatoms. The molecule has 0 N–H and O–H groups in total. The summed E-state index contributed by atoms with van der Waals surface area (Å²) in [7, 11) is -3.46. The van der Waals surface area contributed by atoms with Crippen LogP contribution in [0.1, 0.15) is 32.6 Å². The van der Waals surface area contributed by atoms with Crippen LogP contribution in [0.5, 0.6) is 0 Å². The molecule has 164 valence electrons. The maximum Gasteiger partial charge on any atom is 0.264 e. The predicted molar refractivity (Wildman–Crippen MR) is 121 cm³/mol. The number of aromatic nitrogens is 1. The lowest BCUT2D eigenvalue weighted by atomic mass is 9.79. The third kappa shape index (κ3) is 3.55. The molecule has 30 heavy (non-hydrogen) atoms. The van der Waals surface area contributed by atoms with Gasteiger partial charge >= 0.3 is 0 Å². The van der Waals surface area contributed by atoms with Gasteiger partial charge in [0.25, 0.3) is 10.1 Å². The van der Waals surface area contributed by atoms with Crippen molar-refractivity contribution < 1.29 is 17.1 Å². The molecule has 3 unspecified atom stereocenters. The molecule has 0 amide bonds. The first-order valence-electron chi connectivity index (χ1n) is 11.2. The van der Waals surface area contributed by atoms with Gasteiger partial charge in [0.15, 0.2) is 5.82 Å². The van der Waals surface area contributed by atoms with Crippen LogP contribution in [-0.4, -0.2) is 68.4 Å². The standard InChI is InChI=1S/C22H32N3O3S2/c1-16-19-8-4-3-7-17(19)14-25(16)12-11-24(13-18(25)15-28-30(2,26)27)22-20-9-5-6-10-21(20)29-23-22/h5-6,9-10,16-19H,3-4,7-8,11-15H2,1-2H3/q+1/t16-,17+,18?,19?,25?/m1/s1. The van der Waals surface area contributed by atoms with E-state index in [2.05, 4.69) is 36.1 Å². The van der Waals surface area contributed by atoms with E-state index in [-0.39, 0.29) is 12.6 Å². The number of hydrogen-bond acceptors (Lipinski definition) is 6. The number of quaternary nitrogens is 1. The molecule has 1 aliphatic carbocycles. The molecule has 1 saturated carbocycles. The van der Waals surface area contributed by atoms with Crippen molar-refractivity contribution in [3.63, 3.8) is 0 Å². The quantitative estimate of drug-likeness (QED) is 0.527. The molecule has 0 bridgehead atoms. The second-order valence-electron chi connectivity index (χ2n) is 9.55. The average molecular weight is 451 g/mol. The largest absolute Gasteiger partial charge is 0.344 e. The van der Waals surface area contributed by atoms with E-state index < -0.39 is 10.1 Å². The molecular weight excluding hydrogens is 418 g/mol. The van der Waals surface area contributed by atoms with Gasteiger partial charge in [-0.25, -0.2) is 0 Å². The van der Waals surface area contributed by atoms with Crippen molar-refractivity contribution in [1.82, 2.24) is 4.37 Å². The zero-order valence-corrected chi connectivity index (χ0v) is 19.5. The molecule has 5 atom stereocenters. The van der Waals surface area contributed by atoms with E-state index in [9.17, 15) is 8.42 Å². The number of benzene rings is 1. The highest BCUT2D eigenvalue weighted by molar-refractivity contribution is 7.85. The van der Waals surface area contributed by atoms with Crippen molar-refractivity contribution in [1.29, 1.82) is 0 Å². The van der Waals surface area contributed by atoms with Crippen molar-refractivity contribution in [3.8, 4) is 0 Å². The van der Waals surface area contributed by atoms with Gasteiger partial charge in [-0.2, -0.15) is 12.8 Å². The first kappa shape index (κ1) is 20.7. The summed E-state index contributed by atoms with van der Waals surface area (Å²) in [4.78, 5) is 2.37. The highest BCUT2D eigenvalue weighted by atomic mass is 32.2. The highest BCUT2D eigenvalue weighted by Crippen LogP contribution is 2.47. The zero-order valence-electron chi connectivity index (χ0n) is 17.9. The van der Waals surface area contributed by atoms with Gasteiger partial charge in [-0.1, -0.05) is 25.0 Å². The van der Waals surface area contributed by atoms with Crippen LogP contribution in [-0.2, 0) is 14.3 Å². The Kier molecular flexibility index (Phi) is 5.32. The highest BCUT2D eigenvalue weighted by Gasteiger charge is 2.57. The molecule has 3 fully saturated rings. The molecule has 1 aromatic heterocycles. The minimum atomic E-state index is -3.46. The molecule has 2 aromatic rings. The molecule has 1 aromatic carbocycles. The van der Waals surface area contributed by atoms with Crippen LogP contribution < -0.4 is 4.90 Å². The maximum atomic E-state index is 11.8. The van der Waals surface area contributed by atoms with Crippen molar-refractivity contribution in [2.45, 2.75) is 44.7 Å². The topological polar surface area (TPSA) is 59.5 Å². The number of anilines is 1. The smallest absolute Gasteiger partial charge is 0.264 e. The predicted octanol–water partition coefficient (Wildman–Crippen LogP) is 3.49. The fourth-order valence-corrected chi connectivity index (χ4v) is 7.75. The van der Waals surface area contributed by atoms with Crippen LogP contribution >= 0.6 is 11.5 Å². The number of fused-ring (bicyclic) bond motifs is 2. The Labute approximate surface area is 183 Å². The van der Waals surface area contributed by atoms with Gasteiger partial charge in [-0.15, -0.1) is 0 Å². The normalized spacial score (nSPS) is 34.5. The third-order valence-electron chi connectivity index (χ3n) is 8.05. The second kappa shape index (κ2) is 7.73. The molecule has 5 rings (SSSR count). The number of hydrogen-bond donors (Lipinski definition) is 0. The van der Waals surface area contributed by atoms with Crippen LogP contribution in [0.25, 0.3) is 10.1 Å². The van der Waals surface area contributed by atoms with Gasteiger partial charge in [-0.3, -0.25) is 4.18 Å².